The summed E-state index contributed by atoms with van der Waals surface area (Å²) in [6, 6.07) is 42.0. The van der Waals surface area contributed by atoms with E-state index in [0.717, 1.165) is 11.4 Å². The Labute approximate surface area is 199 Å². The maximum Gasteiger partial charge on any atom is 0.0546 e. The van der Waals surface area contributed by atoms with Crippen molar-refractivity contribution in [3.63, 3.8) is 0 Å². The van der Waals surface area contributed by atoms with Gasteiger partial charge >= 0.3 is 0 Å². The fraction of sp³-hybridized carbons (Fsp3) is 0.0909. The highest BCUT2D eigenvalue weighted by molar-refractivity contribution is 6.27. The van der Waals surface area contributed by atoms with Gasteiger partial charge in [0.1, 0.15) is 0 Å². The van der Waals surface area contributed by atoms with E-state index in [1.807, 2.05) is 0 Å². The minimum atomic E-state index is -0.0662. The van der Waals surface area contributed by atoms with Crippen LogP contribution in [0.4, 0.5) is 17.1 Å². The van der Waals surface area contributed by atoms with Crippen LogP contribution in [-0.2, 0) is 5.41 Å². The number of benzene rings is 6. The Hall–Kier alpha value is -4.10. The third-order valence-electron chi connectivity index (χ3n) is 7.58. The molecule has 0 saturated carbocycles. The van der Waals surface area contributed by atoms with E-state index in [4.69, 9.17) is 0 Å². The first kappa shape index (κ1) is 19.4. The Morgan fingerprint density at radius 2 is 1.09 bits per heavy atom. The molecule has 6 aromatic carbocycles. The van der Waals surface area contributed by atoms with Crippen molar-refractivity contribution < 1.29 is 0 Å². The smallest absolute Gasteiger partial charge is 0.0546 e. The highest BCUT2D eigenvalue weighted by Crippen LogP contribution is 2.51. The van der Waals surface area contributed by atoms with Gasteiger partial charge in [0, 0.05) is 22.2 Å². The molecule has 0 heterocycles. The minimum Gasteiger partial charge on any atom is -0.310 e. The predicted octanol–water partition coefficient (Wildman–Crippen LogP) is 9.26. The van der Waals surface area contributed by atoms with Crippen LogP contribution in [-0.4, -0.2) is 0 Å². The zero-order valence-electron chi connectivity index (χ0n) is 19.4. The maximum atomic E-state index is 2.40. The molecule has 0 saturated heterocycles. The van der Waals surface area contributed by atoms with Crippen LogP contribution in [0.3, 0.4) is 0 Å². The monoisotopic (exact) mass is 435 g/mol. The lowest BCUT2D eigenvalue weighted by atomic mass is 9.69. The molecule has 0 fully saturated rings. The van der Waals surface area contributed by atoms with Crippen LogP contribution in [0.2, 0.25) is 0 Å². The molecule has 0 atom stereocenters. The summed E-state index contributed by atoms with van der Waals surface area (Å²) < 4.78 is 0. The van der Waals surface area contributed by atoms with Gasteiger partial charge in [-0.15, -0.1) is 0 Å². The molecular weight excluding hydrogens is 410 g/mol. The van der Waals surface area contributed by atoms with Crippen molar-refractivity contribution in [2.75, 3.05) is 4.90 Å². The second kappa shape index (κ2) is 6.95. The number of rotatable bonds is 3. The van der Waals surface area contributed by atoms with Gasteiger partial charge in [0.2, 0.25) is 0 Å². The Bertz CT molecular complexity index is 1670. The number of para-hydroxylation sites is 2. The van der Waals surface area contributed by atoms with Gasteiger partial charge in [-0.1, -0.05) is 98.8 Å². The summed E-state index contributed by atoms with van der Waals surface area (Å²) in [4.78, 5) is 2.40. The van der Waals surface area contributed by atoms with E-state index in [1.54, 1.807) is 0 Å². The average molecular weight is 436 g/mol. The standard InChI is InChI=1S/C33H25N/c1-33(2)27-17-9-11-22-19-20-23-21-29(26-16-10-18-28(33)32(26)31(23)30(22)27)34(24-12-5-3-6-13-24)25-14-7-4-8-15-25/h3-21H,1-2H3. The van der Waals surface area contributed by atoms with Gasteiger partial charge in [-0.3, -0.25) is 0 Å². The van der Waals surface area contributed by atoms with Crippen molar-refractivity contribution in [1.29, 1.82) is 0 Å². The zero-order chi connectivity index (χ0) is 22.9. The van der Waals surface area contributed by atoms with E-state index in [0.29, 0.717) is 0 Å². The molecule has 0 spiro atoms. The lowest BCUT2D eigenvalue weighted by Gasteiger charge is -2.35. The second-order valence-corrected chi connectivity index (χ2v) is 9.82. The van der Waals surface area contributed by atoms with Crippen molar-refractivity contribution in [3.8, 4) is 0 Å². The summed E-state index contributed by atoms with van der Waals surface area (Å²) in [5.41, 5.74) is 6.31. The van der Waals surface area contributed by atoms with Gasteiger partial charge in [-0.2, -0.15) is 0 Å². The van der Waals surface area contributed by atoms with Crippen LogP contribution >= 0.6 is 0 Å². The summed E-state index contributed by atoms with van der Waals surface area (Å²) in [7, 11) is 0. The topological polar surface area (TPSA) is 3.24 Å². The van der Waals surface area contributed by atoms with Gasteiger partial charge in [0.05, 0.1) is 5.69 Å². The summed E-state index contributed by atoms with van der Waals surface area (Å²) in [6.45, 7) is 4.74. The Kier molecular flexibility index (Phi) is 3.96. The molecule has 7 rings (SSSR count). The minimum absolute atomic E-state index is 0.0662. The molecule has 34 heavy (non-hydrogen) atoms. The Morgan fingerprint density at radius 3 is 1.76 bits per heavy atom. The van der Waals surface area contributed by atoms with E-state index in [2.05, 4.69) is 134 Å². The predicted molar refractivity (Wildman–Crippen MR) is 146 cm³/mol. The summed E-state index contributed by atoms with van der Waals surface area (Å²) in [5.74, 6) is 0. The van der Waals surface area contributed by atoms with Crippen molar-refractivity contribution in [1.82, 2.24) is 0 Å². The number of hydrogen-bond acceptors (Lipinski definition) is 1. The second-order valence-electron chi connectivity index (χ2n) is 9.82. The Balaban J connectivity index is 1.68. The molecule has 6 aromatic rings. The largest absolute Gasteiger partial charge is 0.310 e. The van der Waals surface area contributed by atoms with Gasteiger partial charge in [-0.25, -0.2) is 0 Å². The molecule has 0 radical (unpaired) electrons. The van der Waals surface area contributed by atoms with Gasteiger partial charge in [0.25, 0.3) is 0 Å². The normalized spacial score (nSPS) is 13.8. The van der Waals surface area contributed by atoms with Gasteiger partial charge in [-0.05, 0) is 68.4 Å². The van der Waals surface area contributed by atoms with Crippen LogP contribution in [0, 0.1) is 0 Å². The molecule has 0 aromatic heterocycles. The van der Waals surface area contributed by atoms with E-state index < -0.39 is 0 Å². The molecule has 1 nitrogen and oxygen atoms in total. The molecule has 0 unspecified atom stereocenters. The fourth-order valence-electron chi connectivity index (χ4n) is 6.00. The van der Waals surface area contributed by atoms with Crippen molar-refractivity contribution >= 4 is 49.4 Å². The van der Waals surface area contributed by atoms with Crippen molar-refractivity contribution in [2.45, 2.75) is 19.3 Å². The summed E-state index contributed by atoms with van der Waals surface area (Å²) in [6.07, 6.45) is 0. The molecular formula is C33H25N. The van der Waals surface area contributed by atoms with Crippen LogP contribution in [0.5, 0.6) is 0 Å². The van der Waals surface area contributed by atoms with E-state index in [-0.39, 0.29) is 5.41 Å². The molecule has 1 aliphatic rings. The molecule has 0 amide bonds. The number of hydrogen-bond donors (Lipinski definition) is 0. The number of nitrogens with zero attached hydrogens (tertiary/aromatic N) is 1. The van der Waals surface area contributed by atoms with Crippen LogP contribution in [0.25, 0.3) is 32.3 Å². The number of anilines is 3. The molecule has 0 N–H and O–H groups in total. The van der Waals surface area contributed by atoms with Gasteiger partial charge in [0.15, 0.2) is 0 Å². The highest BCUT2D eigenvalue weighted by Gasteiger charge is 2.33. The van der Waals surface area contributed by atoms with Crippen LogP contribution in [0.1, 0.15) is 25.0 Å². The third-order valence-corrected chi connectivity index (χ3v) is 7.58. The molecule has 0 aliphatic heterocycles. The quantitative estimate of drug-likeness (QED) is 0.250. The van der Waals surface area contributed by atoms with Crippen LogP contribution < -0.4 is 4.90 Å². The average Bonchev–Trinajstić information content (AvgIpc) is 2.88. The van der Waals surface area contributed by atoms with Crippen molar-refractivity contribution in [3.05, 3.63) is 126 Å². The van der Waals surface area contributed by atoms with Crippen molar-refractivity contribution in [2.24, 2.45) is 0 Å². The first-order chi connectivity index (χ1) is 16.6. The summed E-state index contributed by atoms with van der Waals surface area (Å²) in [5, 5.41) is 8.11. The first-order valence-electron chi connectivity index (χ1n) is 12.0. The molecule has 1 heteroatoms. The zero-order valence-corrected chi connectivity index (χ0v) is 19.4. The molecule has 162 valence electrons. The maximum absolute atomic E-state index is 2.40. The van der Waals surface area contributed by atoms with Gasteiger partial charge < -0.3 is 4.90 Å². The molecule has 1 aliphatic carbocycles. The third kappa shape index (κ3) is 2.55. The summed E-state index contributed by atoms with van der Waals surface area (Å²) >= 11 is 0. The SMILES string of the molecule is CC1(C)c2cccc3ccc4cc(N(c5ccccc5)c5ccccc5)c5cccc1c5c4c23. The molecule has 0 bridgehead atoms. The van der Waals surface area contributed by atoms with E-state index in [1.165, 1.54) is 49.1 Å². The highest BCUT2D eigenvalue weighted by atomic mass is 15.1. The lowest BCUT2D eigenvalue weighted by molar-refractivity contribution is 0.652. The van der Waals surface area contributed by atoms with E-state index in [9.17, 15) is 0 Å². The lowest BCUT2D eigenvalue weighted by Crippen LogP contribution is -2.22. The fourth-order valence-corrected chi connectivity index (χ4v) is 6.00. The first-order valence-corrected chi connectivity index (χ1v) is 12.0. The van der Waals surface area contributed by atoms with E-state index >= 15 is 0 Å². The van der Waals surface area contributed by atoms with Crippen LogP contribution in [0.15, 0.2) is 115 Å². The Morgan fingerprint density at radius 1 is 0.500 bits per heavy atom.